The van der Waals surface area contributed by atoms with E-state index in [2.05, 4.69) is 5.32 Å². The molecule has 0 aliphatic heterocycles. The molecular formula is C23H24ClN3O3. The average Bonchev–Trinajstić information content (AvgIpc) is 2.72. The van der Waals surface area contributed by atoms with Gasteiger partial charge in [0.2, 0.25) is 5.91 Å². The molecule has 3 aromatic rings. The number of amides is 2. The summed E-state index contributed by atoms with van der Waals surface area (Å²) in [5, 5.41) is 3.81. The van der Waals surface area contributed by atoms with Crippen molar-refractivity contribution < 1.29 is 9.59 Å². The Labute approximate surface area is 180 Å². The number of carbonyl (C=O) groups is 2. The second kappa shape index (κ2) is 9.13. The summed E-state index contributed by atoms with van der Waals surface area (Å²) < 4.78 is 1.37. The van der Waals surface area contributed by atoms with Crippen molar-refractivity contribution in [3.05, 3.63) is 75.0 Å². The summed E-state index contributed by atoms with van der Waals surface area (Å²) in [5.74, 6) is -0.577. The van der Waals surface area contributed by atoms with Crippen molar-refractivity contribution >= 4 is 40.0 Å². The number of hydrogen-bond acceptors (Lipinski definition) is 3. The van der Waals surface area contributed by atoms with Gasteiger partial charge in [0.05, 0.1) is 21.8 Å². The first-order chi connectivity index (χ1) is 14.3. The van der Waals surface area contributed by atoms with Gasteiger partial charge < -0.3 is 10.2 Å². The Bertz CT molecular complexity index is 1170. The van der Waals surface area contributed by atoms with E-state index in [1.165, 1.54) is 10.6 Å². The minimum absolute atomic E-state index is 0.191. The van der Waals surface area contributed by atoms with Gasteiger partial charge in [-0.05, 0) is 44.5 Å². The summed E-state index contributed by atoms with van der Waals surface area (Å²) in [6, 6.07) is 13.8. The molecule has 3 rings (SSSR count). The predicted octanol–water partition coefficient (Wildman–Crippen LogP) is 4.08. The number of hydrogen-bond donors (Lipinski definition) is 1. The van der Waals surface area contributed by atoms with Crippen LogP contribution >= 0.6 is 11.6 Å². The molecule has 0 atom stereocenters. The molecule has 6 nitrogen and oxygen atoms in total. The summed E-state index contributed by atoms with van der Waals surface area (Å²) in [6.07, 6.45) is 0. The fraction of sp³-hybridized carbons (Fsp3) is 0.261. The van der Waals surface area contributed by atoms with E-state index in [9.17, 15) is 14.4 Å². The lowest BCUT2D eigenvalue weighted by molar-refractivity contribution is -0.116. The molecule has 0 fully saturated rings. The zero-order chi connectivity index (χ0) is 21.8. The van der Waals surface area contributed by atoms with Gasteiger partial charge in [-0.25, -0.2) is 0 Å². The van der Waals surface area contributed by atoms with Gasteiger partial charge in [-0.15, -0.1) is 0 Å². The highest BCUT2D eigenvalue weighted by molar-refractivity contribution is 6.33. The first-order valence-electron chi connectivity index (χ1n) is 9.83. The van der Waals surface area contributed by atoms with Gasteiger partial charge >= 0.3 is 0 Å². The van der Waals surface area contributed by atoms with Crippen LogP contribution in [0, 0.1) is 6.92 Å². The molecule has 0 unspecified atom stereocenters. The Hall–Kier alpha value is -3.12. The predicted molar refractivity (Wildman–Crippen MR) is 120 cm³/mol. The molecule has 0 saturated heterocycles. The van der Waals surface area contributed by atoms with Crippen LogP contribution in [0.5, 0.6) is 0 Å². The van der Waals surface area contributed by atoms with Crippen molar-refractivity contribution in [2.24, 2.45) is 0 Å². The number of carbonyl (C=O) groups excluding carboxylic acids is 2. The molecule has 0 radical (unpaired) electrons. The van der Waals surface area contributed by atoms with Crippen LogP contribution in [0.1, 0.15) is 29.8 Å². The summed E-state index contributed by atoms with van der Waals surface area (Å²) in [4.78, 5) is 40.0. The van der Waals surface area contributed by atoms with Crippen molar-refractivity contribution in [1.82, 2.24) is 9.47 Å². The molecule has 2 amide bonds. The fourth-order valence-corrected chi connectivity index (χ4v) is 3.69. The highest BCUT2D eigenvalue weighted by atomic mass is 35.5. The average molecular weight is 426 g/mol. The molecule has 0 aliphatic rings. The van der Waals surface area contributed by atoms with Crippen molar-refractivity contribution in [3.8, 4) is 0 Å². The quantitative estimate of drug-likeness (QED) is 0.646. The Morgan fingerprint density at radius 2 is 1.77 bits per heavy atom. The Kier molecular flexibility index (Phi) is 6.57. The van der Waals surface area contributed by atoms with E-state index in [4.69, 9.17) is 11.6 Å². The van der Waals surface area contributed by atoms with Gasteiger partial charge in [-0.1, -0.05) is 35.9 Å². The minimum atomic E-state index is -0.408. The summed E-state index contributed by atoms with van der Waals surface area (Å²) >= 11 is 6.19. The van der Waals surface area contributed by atoms with Crippen molar-refractivity contribution in [2.45, 2.75) is 27.3 Å². The number of rotatable bonds is 6. The van der Waals surface area contributed by atoms with Crippen LogP contribution < -0.4 is 10.9 Å². The lowest BCUT2D eigenvalue weighted by Crippen LogP contribution is -2.33. The van der Waals surface area contributed by atoms with Crippen molar-refractivity contribution in [3.63, 3.8) is 0 Å². The minimum Gasteiger partial charge on any atom is -0.339 e. The molecule has 2 aromatic carbocycles. The van der Waals surface area contributed by atoms with Crippen LogP contribution in [0.2, 0.25) is 5.02 Å². The van der Waals surface area contributed by atoms with Gasteiger partial charge in [-0.2, -0.15) is 0 Å². The number of aryl methyl sites for hydroxylation is 1. The van der Waals surface area contributed by atoms with E-state index in [0.717, 1.165) is 5.56 Å². The second-order valence-electron chi connectivity index (χ2n) is 7.01. The Morgan fingerprint density at radius 3 is 2.43 bits per heavy atom. The molecule has 156 valence electrons. The van der Waals surface area contributed by atoms with Gasteiger partial charge in [0, 0.05) is 24.5 Å². The normalized spacial score (nSPS) is 10.8. The van der Waals surface area contributed by atoms with E-state index in [0.29, 0.717) is 40.3 Å². The van der Waals surface area contributed by atoms with Crippen LogP contribution in [0.25, 0.3) is 10.9 Å². The number of para-hydroxylation sites is 1. The Morgan fingerprint density at radius 1 is 1.07 bits per heavy atom. The number of anilines is 1. The Balaban J connectivity index is 1.98. The first-order valence-corrected chi connectivity index (χ1v) is 10.2. The third-order valence-corrected chi connectivity index (χ3v) is 5.31. The molecule has 30 heavy (non-hydrogen) atoms. The molecule has 1 heterocycles. The maximum Gasteiger partial charge on any atom is 0.254 e. The highest BCUT2D eigenvalue weighted by Gasteiger charge is 2.19. The maximum absolute atomic E-state index is 12.9. The van der Waals surface area contributed by atoms with E-state index in [-0.39, 0.29) is 18.4 Å². The smallest absolute Gasteiger partial charge is 0.254 e. The topological polar surface area (TPSA) is 71.4 Å². The lowest BCUT2D eigenvalue weighted by atomic mass is 10.1. The number of benzene rings is 2. The van der Waals surface area contributed by atoms with E-state index >= 15 is 0 Å². The van der Waals surface area contributed by atoms with E-state index in [1.54, 1.807) is 35.2 Å². The van der Waals surface area contributed by atoms with Gasteiger partial charge in [-0.3, -0.25) is 19.0 Å². The van der Waals surface area contributed by atoms with Gasteiger partial charge in [0.15, 0.2) is 0 Å². The molecule has 0 spiro atoms. The second-order valence-corrected chi connectivity index (χ2v) is 7.42. The molecular weight excluding hydrogens is 402 g/mol. The van der Waals surface area contributed by atoms with Crippen LogP contribution in [-0.2, 0) is 11.3 Å². The number of fused-ring (bicyclic) bond motifs is 1. The SMILES string of the molecule is CCN(CC)C(=O)c1cc(=O)n(CC(=O)Nc2ccc(C)cc2Cl)c2ccccc12. The van der Waals surface area contributed by atoms with E-state index in [1.807, 2.05) is 32.9 Å². The standard InChI is InChI=1S/C23H24ClN3O3/c1-4-26(5-2)23(30)17-13-22(29)27(20-9-7-6-8-16(17)20)14-21(28)25-19-11-10-15(3)12-18(19)24/h6-13H,4-5,14H2,1-3H3,(H,25,28). The van der Waals surface area contributed by atoms with Gasteiger partial charge in [0.1, 0.15) is 6.54 Å². The number of pyridine rings is 1. The van der Waals surface area contributed by atoms with Crippen LogP contribution in [0.4, 0.5) is 5.69 Å². The number of nitrogens with one attached hydrogen (secondary N) is 1. The zero-order valence-corrected chi connectivity index (χ0v) is 18.0. The summed E-state index contributed by atoms with van der Waals surface area (Å²) in [6.45, 7) is 6.60. The first kappa shape index (κ1) is 21.6. The van der Waals surface area contributed by atoms with Crippen molar-refractivity contribution in [1.29, 1.82) is 0 Å². The zero-order valence-electron chi connectivity index (χ0n) is 17.2. The summed E-state index contributed by atoms with van der Waals surface area (Å²) in [7, 11) is 0. The van der Waals surface area contributed by atoms with Crippen LogP contribution in [-0.4, -0.2) is 34.4 Å². The van der Waals surface area contributed by atoms with E-state index < -0.39 is 5.56 Å². The maximum atomic E-state index is 12.9. The van der Waals surface area contributed by atoms with Crippen molar-refractivity contribution in [2.75, 3.05) is 18.4 Å². The third kappa shape index (κ3) is 4.39. The number of aromatic nitrogens is 1. The largest absolute Gasteiger partial charge is 0.339 e. The number of halogens is 1. The molecule has 1 N–H and O–H groups in total. The lowest BCUT2D eigenvalue weighted by Gasteiger charge is -2.20. The summed E-state index contributed by atoms with van der Waals surface area (Å²) in [5.41, 5.74) is 1.93. The molecule has 0 aliphatic carbocycles. The van der Waals surface area contributed by atoms with Crippen LogP contribution in [0.3, 0.4) is 0 Å². The third-order valence-electron chi connectivity index (χ3n) is 5.00. The monoisotopic (exact) mass is 425 g/mol. The fourth-order valence-electron chi connectivity index (χ4n) is 3.41. The highest BCUT2D eigenvalue weighted by Crippen LogP contribution is 2.23. The van der Waals surface area contributed by atoms with Crippen LogP contribution in [0.15, 0.2) is 53.3 Å². The molecule has 1 aromatic heterocycles. The number of nitrogens with zero attached hydrogens (tertiary/aromatic N) is 2. The van der Waals surface area contributed by atoms with Gasteiger partial charge in [0.25, 0.3) is 11.5 Å². The molecule has 7 heteroatoms. The molecule has 0 bridgehead atoms. The molecule has 0 saturated carbocycles.